The number of carbonyl (C=O) groups is 1. The average molecular weight is 549 g/mol. The van der Waals surface area contributed by atoms with E-state index in [1.54, 1.807) is 38.4 Å². The van der Waals surface area contributed by atoms with Crippen LogP contribution in [0, 0.1) is 12.3 Å². The van der Waals surface area contributed by atoms with Gasteiger partial charge in [-0.15, -0.1) is 0 Å². The molecule has 214 valence electrons. The number of aryl methyl sites for hydroxylation is 1. The molecule has 0 spiro atoms. The lowest BCUT2D eigenvalue weighted by Crippen LogP contribution is -2.28. The van der Waals surface area contributed by atoms with Crippen LogP contribution in [0.4, 0.5) is 13.2 Å². The zero-order valence-electron chi connectivity index (χ0n) is 23.5. The standard InChI is InChI=1S/C23H23F3N4O2.C5H12.CH4O/c1-14-8-19(32-13-21(2,3)12-31)28-10-16(14)15-4-5-17(27-9-15)20-29-11-18(30-20)22(6-7-22)23(24,25)26;1-3-5-4-2;1-2/h4-5,8-12H,6-7,13H2,1-3H3,(H,29,30);3-5H2,1-2H3;2H,1H3. The lowest BCUT2D eigenvalue weighted by Gasteiger charge is -2.17. The van der Waals surface area contributed by atoms with Crippen molar-refractivity contribution in [2.24, 2.45) is 5.41 Å². The van der Waals surface area contributed by atoms with Crippen molar-refractivity contribution in [2.75, 3.05) is 13.7 Å². The van der Waals surface area contributed by atoms with E-state index >= 15 is 0 Å². The Morgan fingerprint density at radius 2 is 1.72 bits per heavy atom. The summed E-state index contributed by atoms with van der Waals surface area (Å²) in [5.74, 6) is 0.728. The number of carbonyl (C=O) groups excluding carboxylic acids is 1. The van der Waals surface area contributed by atoms with Gasteiger partial charge in [0.15, 0.2) is 5.82 Å². The van der Waals surface area contributed by atoms with Crippen molar-refractivity contribution in [2.45, 2.75) is 78.3 Å². The Labute approximate surface area is 228 Å². The molecule has 1 fully saturated rings. The van der Waals surface area contributed by atoms with Gasteiger partial charge in [-0.05, 0) is 45.2 Å². The highest BCUT2D eigenvalue weighted by molar-refractivity contribution is 5.67. The summed E-state index contributed by atoms with van der Waals surface area (Å²) in [5.41, 5.74) is 0.706. The third-order valence-electron chi connectivity index (χ3n) is 6.41. The number of alkyl halides is 3. The Bertz CT molecular complexity index is 1190. The summed E-state index contributed by atoms with van der Waals surface area (Å²) >= 11 is 0. The monoisotopic (exact) mass is 548 g/mol. The number of hydrogen-bond donors (Lipinski definition) is 2. The zero-order chi connectivity index (χ0) is 29.3. The van der Waals surface area contributed by atoms with E-state index < -0.39 is 17.0 Å². The third-order valence-corrected chi connectivity index (χ3v) is 6.41. The molecule has 3 aromatic heterocycles. The minimum atomic E-state index is -4.29. The summed E-state index contributed by atoms with van der Waals surface area (Å²) < 4.78 is 45.6. The molecule has 4 rings (SSSR count). The molecule has 2 N–H and O–H groups in total. The van der Waals surface area contributed by atoms with E-state index in [0.29, 0.717) is 17.4 Å². The van der Waals surface area contributed by atoms with Crippen molar-refractivity contribution >= 4 is 6.29 Å². The van der Waals surface area contributed by atoms with Crippen LogP contribution in [0.25, 0.3) is 22.6 Å². The predicted octanol–water partition coefficient (Wildman–Crippen LogP) is 6.84. The number of aliphatic hydroxyl groups excluding tert-OH is 1. The first-order valence-corrected chi connectivity index (χ1v) is 13.1. The number of ether oxygens (including phenoxy) is 1. The van der Waals surface area contributed by atoms with E-state index in [4.69, 9.17) is 9.84 Å². The Morgan fingerprint density at radius 1 is 1.05 bits per heavy atom. The molecule has 0 bridgehead atoms. The van der Waals surface area contributed by atoms with Gasteiger partial charge in [0.2, 0.25) is 5.88 Å². The summed E-state index contributed by atoms with van der Waals surface area (Å²) in [7, 11) is 1.00. The fourth-order valence-electron chi connectivity index (χ4n) is 3.78. The van der Waals surface area contributed by atoms with E-state index in [2.05, 4.69) is 33.8 Å². The summed E-state index contributed by atoms with van der Waals surface area (Å²) in [6.07, 6.45) is 5.33. The number of aromatic amines is 1. The molecule has 0 amide bonds. The Balaban J connectivity index is 0.000000686. The quantitative estimate of drug-likeness (QED) is 0.284. The summed E-state index contributed by atoms with van der Waals surface area (Å²) in [6, 6.07) is 5.32. The van der Waals surface area contributed by atoms with Gasteiger partial charge >= 0.3 is 6.18 Å². The summed E-state index contributed by atoms with van der Waals surface area (Å²) in [4.78, 5) is 26.6. The summed E-state index contributed by atoms with van der Waals surface area (Å²) in [6.45, 7) is 10.1. The molecule has 39 heavy (non-hydrogen) atoms. The van der Waals surface area contributed by atoms with Crippen LogP contribution in [-0.4, -0.2) is 51.2 Å². The SMILES string of the molecule is CCCCC.CO.Cc1cc(OCC(C)(C)C=O)ncc1-c1ccc(-c2ncc(C3(C(F)(F)F)CC3)[nH]2)nc1. The topological polar surface area (TPSA) is 101 Å². The molecule has 10 heteroatoms. The molecular weight excluding hydrogens is 509 g/mol. The highest BCUT2D eigenvalue weighted by atomic mass is 19.4. The smallest absolute Gasteiger partial charge is 0.399 e. The molecule has 0 unspecified atom stereocenters. The second kappa shape index (κ2) is 13.7. The van der Waals surface area contributed by atoms with Crippen LogP contribution in [0.15, 0.2) is 36.8 Å². The molecule has 3 aromatic rings. The highest BCUT2D eigenvalue weighted by Gasteiger charge is 2.65. The Kier molecular flexibility index (Phi) is 11.2. The van der Waals surface area contributed by atoms with Crippen LogP contribution in [0.5, 0.6) is 5.88 Å². The van der Waals surface area contributed by atoms with Crippen LogP contribution in [0.3, 0.4) is 0 Å². The van der Waals surface area contributed by atoms with Crippen LogP contribution < -0.4 is 4.74 Å². The van der Waals surface area contributed by atoms with Crippen molar-refractivity contribution in [3.63, 3.8) is 0 Å². The van der Waals surface area contributed by atoms with Gasteiger partial charge in [0, 0.05) is 42.9 Å². The van der Waals surface area contributed by atoms with E-state index in [-0.39, 0.29) is 25.1 Å². The molecule has 3 heterocycles. The second-order valence-electron chi connectivity index (χ2n) is 10.2. The summed E-state index contributed by atoms with van der Waals surface area (Å²) in [5, 5.41) is 7.00. The van der Waals surface area contributed by atoms with Gasteiger partial charge in [-0.3, -0.25) is 4.98 Å². The Hall–Kier alpha value is -3.27. The van der Waals surface area contributed by atoms with Crippen LogP contribution in [-0.2, 0) is 10.2 Å². The molecule has 1 aliphatic rings. The number of aromatic nitrogens is 4. The first-order chi connectivity index (χ1) is 18.5. The minimum Gasteiger partial charge on any atom is -0.477 e. The molecule has 1 aliphatic carbocycles. The number of hydrogen-bond acceptors (Lipinski definition) is 6. The van der Waals surface area contributed by atoms with Gasteiger partial charge in [0.25, 0.3) is 0 Å². The maximum Gasteiger partial charge on any atom is 0.399 e. The lowest BCUT2D eigenvalue weighted by atomic mass is 9.98. The van der Waals surface area contributed by atoms with Crippen molar-refractivity contribution < 1.29 is 27.8 Å². The largest absolute Gasteiger partial charge is 0.477 e. The number of halogens is 3. The first kappa shape index (κ1) is 31.9. The predicted molar refractivity (Wildman–Crippen MR) is 145 cm³/mol. The number of imidazole rings is 1. The number of aldehydes is 1. The molecule has 0 aromatic carbocycles. The number of nitrogens with one attached hydrogen (secondary N) is 1. The maximum atomic E-state index is 13.3. The number of aliphatic hydroxyl groups is 1. The number of unbranched alkanes of at least 4 members (excludes halogenated alkanes) is 2. The molecule has 0 aliphatic heterocycles. The van der Waals surface area contributed by atoms with Gasteiger partial charge in [-0.1, -0.05) is 39.2 Å². The highest BCUT2D eigenvalue weighted by Crippen LogP contribution is 2.58. The van der Waals surface area contributed by atoms with E-state index in [1.165, 1.54) is 25.5 Å². The van der Waals surface area contributed by atoms with Crippen molar-refractivity contribution in [1.82, 2.24) is 19.9 Å². The van der Waals surface area contributed by atoms with Crippen LogP contribution >= 0.6 is 0 Å². The number of H-pyrrole nitrogens is 1. The average Bonchev–Trinajstić information content (AvgIpc) is 3.61. The van der Waals surface area contributed by atoms with Crippen molar-refractivity contribution in [3.8, 4) is 28.5 Å². The lowest BCUT2D eigenvalue weighted by molar-refractivity contribution is -0.161. The van der Waals surface area contributed by atoms with Gasteiger partial charge in [-0.2, -0.15) is 13.2 Å². The fraction of sp³-hybridized carbons (Fsp3) is 0.517. The molecule has 0 saturated heterocycles. The Morgan fingerprint density at radius 3 is 2.18 bits per heavy atom. The number of pyridine rings is 2. The normalized spacial score (nSPS) is 13.9. The molecule has 1 saturated carbocycles. The van der Waals surface area contributed by atoms with E-state index in [9.17, 15) is 18.0 Å². The molecule has 0 atom stereocenters. The van der Waals surface area contributed by atoms with E-state index in [0.717, 1.165) is 30.1 Å². The zero-order valence-corrected chi connectivity index (χ0v) is 23.5. The molecule has 0 radical (unpaired) electrons. The minimum absolute atomic E-state index is 0.0725. The maximum absolute atomic E-state index is 13.3. The number of nitrogens with zero attached hydrogens (tertiary/aromatic N) is 3. The van der Waals surface area contributed by atoms with Gasteiger partial charge < -0.3 is 19.6 Å². The third kappa shape index (κ3) is 8.11. The van der Waals surface area contributed by atoms with Gasteiger partial charge in [-0.25, -0.2) is 9.97 Å². The van der Waals surface area contributed by atoms with Crippen LogP contribution in [0.1, 0.15) is 71.1 Å². The van der Waals surface area contributed by atoms with Gasteiger partial charge in [0.05, 0.1) is 11.1 Å². The van der Waals surface area contributed by atoms with Gasteiger partial charge in [0.1, 0.15) is 24.0 Å². The second-order valence-corrected chi connectivity index (χ2v) is 10.2. The fourth-order valence-corrected chi connectivity index (χ4v) is 3.78. The molecular formula is C29H39F3N4O3. The van der Waals surface area contributed by atoms with Crippen LogP contribution in [0.2, 0.25) is 0 Å². The molecule has 7 nitrogen and oxygen atoms in total. The first-order valence-electron chi connectivity index (χ1n) is 13.1. The number of rotatable bonds is 9. The van der Waals surface area contributed by atoms with Crippen molar-refractivity contribution in [1.29, 1.82) is 0 Å². The van der Waals surface area contributed by atoms with Crippen molar-refractivity contribution in [3.05, 3.63) is 48.0 Å². The van der Waals surface area contributed by atoms with E-state index in [1.807, 2.05) is 13.0 Å².